The molecule has 1 aliphatic rings. The van der Waals surface area contributed by atoms with Crippen molar-refractivity contribution < 1.29 is 23.5 Å². The average molecular weight is 587 g/mol. The Morgan fingerprint density at radius 2 is 2.00 bits per heavy atom. The number of guanidine groups is 1. The molecule has 4 N–H and O–H groups in total. The van der Waals surface area contributed by atoms with E-state index in [4.69, 9.17) is 21.0 Å². The molecule has 5 aromatic rings. The van der Waals surface area contributed by atoms with Crippen LogP contribution in [0.2, 0.25) is 5.02 Å². The second kappa shape index (κ2) is 10.8. The Labute approximate surface area is 241 Å². The van der Waals surface area contributed by atoms with Gasteiger partial charge in [0.1, 0.15) is 23.2 Å². The molecule has 0 aliphatic carbocycles. The smallest absolute Gasteiger partial charge is 0.335 e. The minimum atomic E-state index is -1.16. The molecule has 14 heteroatoms. The van der Waals surface area contributed by atoms with Crippen LogP contribution in [0, 0.1) is 5.82 Å². The first-order valence-corrected chi connectivity index (χ1v) is 12.8. The third kappa shape index (κ3) is 5.28. The van der Waals surface area contributed by atoms with Crippen LogP contribution in [0.1, 0.15) is 28.9 Å². The van der Waals surface area contributed by atoms with E-state index in [-0.39, 0.29) is 34.5 Å². The van der Waals surface area contributed by atoms with Crippen molar-refractivity contribution >= 4 is 52.4 Å². The van der Waals surface area contributed by atoms with Crippen LogP contribution in [0.5, 0.6) is 0 Å². The first-order chi connectivity index (χ1) is 20.2. The number of aliphatic imine (C=N–C) groups is 1. The molecule has 0 spiro atoms. The Morgan fingerprint density at radius 1 is 1.14 bits per heavy atom. The topological polar surface area (TPSA) is 160 Å². The lowest BCUT2D eigenvalue weighted by atomic mass is 9.95. The van der Waals surface area contributed by atoms with Crippen LogP contribution in [0.4, 0.5) is 16.2 Å². The number of carbonyl (C=O) groups excluding carboxylic acids is 1. The first kappa shape index (κ1) is 26.7. The van der Waals surface area contributed by atoms with E-state index in [2.05, 4.69) is 30.9 Å². The maximum atomic E-state index is 13.6. The number of imidazole rings is 1. The minimum absolute atomic E-state index is 0.0369. The number of nitrogens with zero attached hydrogens (tertiary/aromatic N) is 5. The van der Waals surface area contributed by atoms with Gasteiger partial charge >= 0.3 is 12.0 Å². The van der Waals surface area contributed by atoms with Crippen molar-refractivity contribution in [3.63, 3.8) is 0 Å². The fourth-order valence-electron chi connectivity index (χ4n) is 4.44. The molecule has 1 atom stereocenters. The number of hydrogen-bond acceptors (Lipinski definition) is 9. The van der Waals surface area contributed by atoms with Gasteiger partial charge < -0.3 is 24.7 Å². The van der Waals surface area contributed by atoms with Crippen molar-refractivity contribution in [1.82, 2.24) is 24.8 Å². The minimum Gasteiger partial charge on any atom is -0.478 e. The van der Waals surface area contributed by atoms with E-state index in [1.807, 2.05) is 6.07 Å². The predicted octanol–water partition coefficient (Wildman–Crippen LogP) is 4.92. The summed E-state index contributed by atoms with van der Waals surface area (Å²) in [5.74, 6) is -1.96. The number of aromatic nitrogens is 4. The second-order valence-electron chi connectivity index (χ2n) is 9.16. The summed E-state index contributed by atoms with van der Waals surface area (Å²) in [6.45, 7) is 1.68. The molecular formula is C28H20ClFN8O4. The molecule has 0 bridgehead atoms. The van der Waals surface area contributed by atoms with Crippen LogP contribution in [0.15, 0.2) is 94.1 Å². The van der Waals surface area contributed by atoms with E-state index in [1.165, 1.54) is 36.5 Å². The second-order valence-corrected chi connectivity index (χ2v) is 9.57. The number of rotatable bonds is 6. The number of allylic oxidation sites excluding steroid dienone is 1. The van der Waals surface area contributed by atoms with Gasteiger partial charge in [0.15, 0.2) is 5.58 Å². The van der Waals surface area contributed by atoms with Crippen LogP contribution in [0.3, 0.4) is 0 Å². The Kier molecular flexibility index (Phi) is 6.84. The van der Waals surface area contributed by atoms with Gasteiger partial charge in [0, 0.05) is 46.6 Å². The molecule has 1 unspecified atom stereocenters. The zero-order valence-corrected chi connectivity index (χ0v) is 22.4. The predicted molar refractivity (Wildman–Crippen MR) is 152 cm³/mol. The summed E-state index contributed by atoms with van der Waals surface area (Å²) < 4.78 is 21.0. The van der Waals surface area contributed by atoms with Crippen LogP contribution in [0.25, 0.3) is 16.8 Å². The van der Waals surface area contributed by atoms with Gasteiger partial charge in [-0.2, -0.15) is 4.98 Å². The fourth-order valence-corrected chi connectivity index (χ4v) is 4.72. The highest BCUT2D eigenvalue weighted by molar-refractivity contribution is 6.31. The Balaban J connectivity index is 1.37. The third-order valence-electron chi connectivity index (χ3n) is 6.39. The van der Waals surface area contributed by atoms with E-state index < -0.39 is 23.7 Å². The van der Waals surface area contributed by atoms with E-state index in [0.717, 1.165) is 5.69 Å². The number of benzene rings is 2. The molecular weight excluding hydrogens is 567 g/mol. The van der Waals surface area contributed by atoms with Gasteiger partial charge in [-0.3, -0.25) is 10.1 Å². The third-order valence-corrected chi connectivity index (χ3v) is 6.72. The summed E-state index contributed by atoms with van der Waals surface area (Å²) in [5.41, 5.74) is 2.53. The number of nitrogens with one attached hydrogen (secondary N) is 3. The van der Waals surface area contributed by atoms with E-state index in [1.54, 1.807) is 42.3 Å². The van der Waals surface area contributed by atoms with Gasteiger partial charge in [-0.05, 0) is 43.3 Å². The van der Waals surface area contributed by atoms with Gasteiger partial charge in [-0.25, -0.2) is 24.1 Å². The maximum Gasteiger partial charge on any atom is 0.335 e. The monoisotopic (exact) mass is 586 g/mol. The Hall–Kier alpha value is -5.56. The normalized spacial score (nSPS) is 14.8. The largest absolute Gasteiger partial charge is 0.478 e. The first-order valence-electron chi connectivity index (χ1n) is 12.4. The molecule has 4 heterocycles. The number of fused-ring (bicyclic) bond motifs is 1. The lowest BCUT2D eigenvalue weighted by Gasteiger charge is -2.27. The molecule has 42 heavy (non-hydrogen) atoms. The molecule has 0 radical (unpaired) electrons. The molecule has 0 fully saturated rings. The molecule has 1 aliphatic heterocycles. The van der Waals surface area contributed by atoms with E-state index in [9.17, 15) is 19.1 Å². The number of hydrogen-bond donors (Lipinski definition) is 4. The molecule has 0 saturated carbocycles. The van der Waals surface area contributed by atoms with Gasteiger partial charge in [0.25, 0.3) is 5.91 Å². The van der Waals surface area contributed by atoms with Gasteiger partial charge in [0.05, 0.1) is 17.5 Å². The molecule has 2 aromatic carbocycles. The van der Waals surface area contributed by atoms with Gasteiger partial charge in [-0.1, -0.05) is 17.7 Å². The lowest BCUT2D eigenvalue weighted by Crippen LogP contribution is -2.37. The summed E-state index contributed by atoms with van der Waals surface area (Å²) in [6.07, 6.45) is 6.32. The lowest BCUT2D eigenvalue weighted by molar-refractivity contribution is -0.113. The highest BCUT2D eigenvalue weighted by Crippen LogP contribution is 2.36. The number of carbonyl (C=O) groups is 2. The molecule has 3 aromatic heterocycles. The zero-order valence-electron chi connectivity index (χ0n) is 21.7. The maximum absolute atomic E-state index is 13.6. The van der Waals surface area contributed by atoms with Crippen molar-refractivity contribution in [3.8, 4) is 5.69 Å². The quantitative estimate of drug-likeness (QED) is 0.216. The van der Waals surface area contributed by atoms with Crippen molar-refractivity contribution in [3.05, 3.63) is 107 Å². The van der Waals surface area contributed by atoms with Crippen LogP contribution in [-0.2, 0) is 4.79 Å². The summed E-state index contributed by atoms with van der Waals surface area (Å²) in [4.78, 5) is 42.2. The summed E-state index contributed by atoms with van der Waals surface area (Å²) >= 11 is 6.75. The fraction of sp³-hybridized carbons (Fsp3) is 0.0714. The molecule has 1 amide bonds. The van der Waals surface area contributed by atoms with Crippen LogP contribution >= 0.6 is 11.6 Å². The van der Waals surface area contributed by atoms with Crippen molar-refractivity contribution in [1.29, 1.82) is 0 Å². The van der Waals surface area contributed by atoms with Crippen molar-refractivity contribution in [2.45, 2.75) is 13.0 Å². The number of halogens is 2. The number of carboxylic acid groups (broad SMARTS) is 1. The SMILES string of the molecule is CC1=C(C(=O)Nc2cc(C(=O)O)ccn2)C(c2ccc(-n3ccnc3)cc2Cl)N=C(Nc2nc3ccc(F)cc3o2)N1. The summed E-state index contributed by atoms with van der Waals surface area (Å²) in [5, 5.41) is 18.3. The highest BCUT2D eigenvalue weighted by atomic mass is 35.5. The average Bonchev–Trinajstić information content (AvgIpc) is 3.62. The standard InChI is InChI=1S/C28H20ClFN8O4/c1-14-23(25(39)35-22-10-15(26(40)41)6-7-32-22)24(18-4-3-17(12-19(18)29)38-9-8-31-13-38)36-27(33-14)37-28-34-20-5-2-16(30)11-21(20)42-28/h2-13,24H,1H3,(H,40,41)(H,32,35,39)(H2,33,34,36,37). The van der Waals surface area contributed by atoms with Crippen molar-refractivity contribution in [2.24, 2.45) is 4.99 Å². The molecule has 6 rings (SSSR count). The van der Waals surface area contributed by atoms with Crippen LogP contribution in [-0.4, -0.2) is 42.5 Å². The molecule has 0 saturated heterocycles. The summed E-state index contributed by atoms with van der Waals surface area (Å²) in [7, 11) is 0. The number of aromatic carboxylic acids is 1. The number of anilines is 2. The summed E-state index contributed by atoms with van der Waals surface area (Å²) in [6, 6.07) is 11.0. The van der Waals surface area contributed by atoms with Gasteiger partial charge in [-0.15, -0.1) is 0 Å². The van der Waals surface area contributed by atoms with E-state index >= 15 is 0 Å². The number of pyridine rings is 1. The number of carboxylic acids is 1. The Morgan fingerprint density at radius 3 is 2.76 bits per heavy atom. The Bertz CT molecular complexity index is 1920. The number of oxazole rings is 1. The van der Waals surface area contributed by atoms with Crippen LogP contribution < -0.4 is 16.0 Å². The molecule has 12 nitrogen and oxygen atoms in total. The number of amides is 1. The van der Waals surface area contributed by atoms with E-state index in [0.29, 0.717) is 21.8 Å². The van der Waals surface area contributed by atoms with Crippen molar-refractivity contribution in [2.75, 3.05) is 10.6 Å². The highest BCUT2D eigenvalue weighted by Gasteiger charge is 2.31. The van der Waals surface area contributed by atoms with Gasteiger partial charge in [0.2, 0.25) is 5.96 Å². The zero-order chi connectivity index (χ0) is 29.4. The molecule has 210 valence electrons.